The van der Waals surface area contributed by atoms with Gasteiger partial charge in [0.15, 0.2) is 0 Å². The highest BCUT2D eigenvalue weighted by atomic mass is 16.5. The van der Waals surface area contributed by atoms with Gasteiger partial charge in [0, 0.05) is 39.1 Å². The topological polar surface area (TPSA) is 66.2 Å². The fraction of sp³-hybridized carbons (Fsp3) is 0.613. The van der Waals surface area contributed by atoms with Crippen LogP contribution in [-0.2, 0) is 27.4 Å². The standard InChI is InChI=1S/C31H47N3O4/c1-25(21-31(3,4)5)20-29(35)33(15-9-14-32-16-18-37-19-17-32)24-30(36)34(22-27-10-7-6-8-11-27)23-28-13-12-26(2)38-28/h6-8,10-13,25H,9,14-24H2,1-5H3. The predicted molar refractivity (Wildman–Crippen MR) is 150 cm³/mol. The number of ether oxygens (including phenoxy) is 1. The summed E-state index contributed by atoms with van der Waals surface area (Å²) in [5.74, 6) is 1.82. The Balaban J connectivity index is 1.70. The molecule has 0 aliphatic carbocycles. The summed E-state index contributed by atoms with van der Waals surface area (Å²) in [6, 6.07) is 13.8. The van der Waals surface area contributed by atoms with Crippen LogP contribution >= 0.6 is 0 Å². The van der Waals surface area contributed by atoms with E-state index in [-0.39, 0.29) is 29.7 Å². The molecule has 1 aromatic carbocycles. The lowest BCUT2D eigenvalue weighted by Crippen LogP contribution is -2.44. The zero-order valence-corrected chi connectivity index (χ0v) is 24.1. The molecule has 2 heterocycles. The van der Waals surface area contributed by atoms with Crippen molar-refractivity contribution in [1.29, 1.82) is 0 Å². The third-order valence-corrected chi connectivity index (χ3v) is 6.88. The number of carbonyl (C=O) groups excluding carboxylic acids is 2. The average molecular weight is 526 g/mol. The highest BCUT2D eigenvalue weighted by Gasteiger charge is 2.25. The van der Waals surface area contributed by atoms with Crippen LogP contribution in [-0.4, -0.2) is 72.5 Å². The van der Waals surface area contributed by atoms with Crippen LogP contribution in [0, 0.1) is 18.3 Å². The lowest BCUT2D eigenvalue weighted by molar-refractivity contribution is -0.142. The van der Waals surface area contributed by atoms with Gasteiger partial charge in [-0.15, -0.1) is 0 Å². The highest BCUT2D eigenvalue weighted by Crippen LogP contribution is 2.26. The van der Waals surface area contributed by atoms with E-state index in [0.29, 0.717) is 26.1 Å². The third kappa shape index (κ3) is 10.6. The van der Waals surface area contributed by atoms with Crippen molar-refractivity contribution in [3.05, 3.63) is 59.5 Å². The lowest BCUT2D eigenvalue weighted by atomic mass is 9.84. The van der Waals surface area contributed by atoms with Crippen molar-refractivity contribution < 1.29 is 18.7 Å². The fourth-order valence-corrected chi connectivity index (χ4v) is 5.20. The monoisotopic (exact) mass is 525 g/mol. The van der Waals surface area contributed by atoms with Gasteiger partial charge in [0.2, 0.25) is 11.8 Å². The van der Waals surface area contributed by atoms with Crippen LogP contribution in [0.15, 0.2) is 46.9 Å². The first-order valence-electron chi connectivity index (χ1n) is 14.0. The summed E-state index contributed by atoms with van der Waals surface area (Å²) in [5.41, 5.74) is 1.21. The molecule has 7 heteroatoms. The number of benzene rings is 1. The van der Waals surface area contributed by atoms with Gasteiger partial charge in [0.05, 0.1) is 26.3 Å². The third-order valence-electron chi connectivity index (χ3n) is 6.88. The molecular weight excluding hydrogens is 478 g/mol. The summed E-state index contributed by atoms with van der Waals surface area (Å²) < 4.78 is 11.3. The Hall–Kier alpha value is -2.64. The van der Waals surface area contributed by atoms with Gasteiger partial charge in [-0.1, -0.05) is 58.0 Å². The van der Waals surface area contributed by atoms with Crippen LogP contribution in [0.25, 0.3) is 0 Å². The van der Waals surface area contributed by atoms with Gasteiger partial charge in [-0.25, -0.2) is 0 Å². The fourth-order valence-electron chi connectivity index (χ4n) is 5.20. The first-order valence-corrected chi connectivity index (χ1v) is 14.0. The van der Waals surface area contributed by atoms with Crippen LogP contribution < -0.4 is 0 Å². The Kier molecular flexibility index (Phi) is 11.4. The minimum absolute atomic E-state index is 0.0607. The smallest absolute Gasteiger partial charge is 0.242 e. The van der Waals surface area contributed by atoms with Crippen LogP contribution in [0.1, 0.15) is 64.0 Å². The molecule has 1 unspecified atom stereocenters. The maximum absolute atomic E-state index is 13.7. The first kappa shape index (κ1) is 29.9. The van der Waals surface area contributed by atoms with Gasteiger partial charge in [-0.2, -0.15) is 0 Å². The summed E-state index contributed by atoms with van der Waals surface area (Å²) in [6.07, 6.45) is 2.26. The number of aryl methyl sites for hydroxylation is 1. The summed E-state index contributed by atoms with van der Waals surface area (Å²) in [7, 11) is 0. The second-order valence-electron chi connectivity index (χ2n) is 11.9. The van der Waals surface area contributed by atoms with Crippen LogP contribution in [0.2, 0.25) is 0 Å². The van der Waals surface area contributed by atoms with E-state index >= 15 is 0 Å². The Morgan fingerprint density at radius 2 is 1.68 bits per heavy atom. The SMILES string of the molecule is Cc1ccc(CN(Cc2ccccc2)C(=O)CN(CCCN2CCOCC2)C(=O)CC(C)CC(C)(C)C)o1. The van der Waals surface area contributed by atoms with E-state index in [1.807, 2.05) is 49.4 Å². The number of amides is 2. The molecule has 1 fully saturated rings. The van der Waals surface area contributed by atoms with Crippen LogP contribution in [0.4, 0.5) is 0 Å². The first-order chi connectivity index (χ1) is 18.1. The van der Waals surface area contributed by atoms with Crippen molar-refractivity contribution in [3.63, 3.8) is 0 Å². The number of furan rings is 1. The molecule has 2 aromatic rings. The predicted octanol–water partition coefficient (Wildman–Crippen LogP) is 5.13. The van der Waals surface area contributed by atoms with Gasteiger partial charge in [0.25, 0.3) is 0 Å². The minimum Gasteiger partial charge on any atom is -0.464 e. The van der Waals surface area contributed by atoms with Crippen LogP contribution in [0.3, 0.4) is 0 Å². The summed E-state index contributed by atoms with van der Waals surface area (Å²) in [6.45, 7) is 16.4. The van der Waals surface area contributed by atoms with E-state index in [2.05, 4.69) is 32.6 Å². The van der Waals surface area contributed by atoms with Gasteiger partial charge < -0.3 is 19.0 Å². The van der Waals surface area contributed by atoms with Gasteiger partial charge in [0.1, 0.15) is 11.5 Å². The van der Waals surface area contributed by atoms with Crippen LogP contribution in [0.5, 0.6) is 0 Å². The van der Waals surface area contributed by atoms with E-state index < -0.39 is 0 Å². The molecule has 210 valence electrons. The molecule has 7 nitrogen and oxygen atoms in total. The molecule has 0 spiro atoms. The number of hydrogen-bond acceptors (Lipinski definition) is 5. The molecule has 0 N–H and O–H groups in total. The number of hydrogen-bond donors (Lipinski definition) is 0. The molecule has 0 radical (unpaired) electrons. The molecule has 0 bridgehead atoms. The van der Waals surface area contributed by atoms with E-state index in [4.69, 9.17) is 9.15 Å². The summed E-state index contributed by atoms with van der Waals surface area (Å²) >= 11 is 0. The Morgan fingerprint density at radius 3 is 2.32 bits per heavy atom. The quantitative estimate of drug-likeness (QED) is 0.363. The molecule has 1 saturated heterocycles. The molecule has 1 aliphatic rings. The lowest BCUT2D eigenvalue weighted by Gasteiger charge is -2.31. The number of nitrogens with zero attached hydrogens (tertiary/aromatic N) is 3. The van der Waals surface area contributed by atoms with E-state index in [0.717, 1.165) is 62.8 Å². The van der Waals surface area contributed by atoms with Crippen molar-refractivity contribution >= 4 is 11.8 Å². The zero-order valence-electron chi connectivity index (χ0n) is 24.1. The van der Waals surface area contributed by atoms with Crippen molar-refractivity contribution in [1.82, 2.24) is 14.7 Å². The Morgan fingerprint density at radius 1 is 0.974 bits per heavy atom. The molecule has 1 atom stereocenters. The maximum Gasteiger partial charge on any atom is 0.242 e. The number of morpholine rings is 1. The Bertz CT molecular complexity index is 992. The molecule has 2 amide bonds. The van der Waals surface area contributed by atoms with Gasteiger partial charge in [-0.05, 0) is 48.8 Å². The second kappa shape index (κ2) is 14.5. The number of rotatable bonds is 13. The summed E-state index contributed by atoms with van der Waals surface area (Å²) in [5, 5.41) is 0. The highest BCUT2D eigenvalue weighted by molar-refractivity contribution is 5.85. The van der Waals surface area contributed by atoms with Crippen molar-refractivity contribution in [2.75, 3.05) is 45.9 Å². The Labute approximate surface area is 229 Å². The molecule has 38 heavy (non-hydrogen) atoms. The number of carbonyl (C=O) groups is 2. The zero-order chi connectivity index (χ0) is 27.5. The van der Waals surface area contributed by atoms with E-state index in [1.165, 1.54) is 0 Å². The van der Waals surface area contributed by atoms with Crippen molar-refractivity contribution in [2.24, 2.45) is 11.3 Å². The largest absolute Gasteiger partial charge is 0.464 e. The van der Waals surface area contributed by atoms with Gasteiger partial charge >= 0.3 is 0 Å². The molecule has 1 aliphatic heterocycles. The molecular formula is C31H47N3O4. The maximum atomic E-state index is 13.7. The van der Waals surface area contributed by atoms with Crippen molar-refractivity contribution in [3.8, 4) is 0 Å². The molecule has 0 saturated carbocycles. The van der Waals surface area contributed by atoms with E-state index in [9.17, 15) is 9.59 Å². The second-order valence-corrected chi connectivity index (χ2v) is 11.9. The van der Waals surface area contributed by atoms with Gasteiger partial charge in [-0.3, -0.25) is 14.5 Å². The summed E-state index contributed by atoms with van der Waals surface area (Å²) in [4.78, 5) is 33.2. The average Bonchev–Trinajstić information content (AvgIpc) is 3.27. The normalized spacial score (nSPS) is 15.3. The molecule has 3 rings (SSSR count). The van der Waals surface area contributed by atoms with E-state index in [1.54, 1.807) is 9.80 Å². The van der Waals surface area contributed by atoms with Crippen molar-refractivity contribution in [2.45, 2.75) is 67.0 Å². The molecule has 1 aromatic heterocycles. The minimum atomic E-state index is -0.0638.